The Morgan fingerprint density at radius 1 is 1.37 bits per heavy atom. The lowest BCUT2D eigenvalue weighted by molar-refractivity contribution is 0.0950. The lowest BCUT2D eigenvalue weighted by Crippen LogP contribution is -2.24. The van der Waals surface area contributed by atoms with Gasteiger partial charge >= 0.3 is 0 Å². The van der Waals surface area contributed by atoms with E-state index in [2.05, 4.69) is 15.5 Å². The molecule has 0 saturated heterocycles. The first-order chi connectivity index (χ1) is 9.08. The van der Waals surface area contributed by atoms with Crippen molar-refractivity contribution in [2.24, 2.45) is 0 Å². The van der Waals surface area contributed by atoms with Crippen molar-refractivity contribution in [3.63, 3.8) is 0 Å². The minimum Gasteiger partial charge on any atom is -0.399 e. The van der Waals surface area contributed by atoms with Crippen LogP contribution < -0.4 is 11.1 Å². The average Bonchev–Trinajstić information content (AvgIpc) is 2.41. The molecule has 0 aliphatic rings. The van der Waals surface area contributed by atoms with Gasteiger partial charge in [-0.2, -0.15) is 10.2 Å². The Kier molecular flexibility index (Phi) is 4.19. The number of anilines is 1. The molecule has 2 rings (SSSR count). The number of carbonyl (C=O) groups is 1. The molecule has 0 aliphatic heterocycles. The van der Waals surface area contributed by atoms with Gasteiger partial charge in [-0.05, 0) is 24.3 Å². The normalized spacial score (nSPS) is 10.2. The van der Waals surface area contributed by atoms with Crippen LogP contribution in [0.3, 0.4) is 0 Å². The van der Waals surface area contributed by atoms with Gasteiger partial charge in [-0.25, -0.2) is 0 Å². The van der Waals surface area contributed by atoms with Crippen LogP contribution >= 0.6 is 23.2 Å². The highest BCUT2D eigenvalue weighted by Gasteiger charge is 2.14. The van der Waals surface area contributed by atoms with Gasteiger partial charge in [-0.1, -0.05) is 23.2 Å². The Morgan fingerprint density at radius 2 is 2.16 bits per heavy atom. The number of nitrogens with two attached hydrogens (primary N) is 1. The van der Waals surface area contributed by atoms with E-state index in [0.717, 1.165) is 0 Å². The smallest absolute Gasteiger partial charge is 0.253 e. The van der Waals surface area contributed by atoms with Gasteiger partial charge in [0, 0.05) is 11.9 Å². The molecule has 7 heteroatoms. The molecule has 0 aliphatic carbocycles. The van der Waals surface area contributed by atoms with E-state index in [4.69, 9.17) is 28.9 Å². The van der Waals surface area contributed by atoms with Crippen molar-refractivity contribution in [3.05, 3.63) is 51.8 Å². The van der Waals surface area contributed by atoms with Crippen molar-refractivity contribution >= 4 is 34.8 Å². The van der Waals surface area contributed by atoms with E-state index in [1.807, 2.05) is 0 Å². The Labute approximate surface area is 119 Å². The topological polar surface area (TPSA) is 80.9 Å². The molecule has 2 aromatic rings. The number of carbonyl (C=O) groups excluding carboxylic acids is 1. The summed E-state index contributed by atoms with van der Waals surface area (Å²) in [4.78, 5) is 12.0. The number of hydrogen-bond donors (Lipinski definition) is 2. The van der Waals surface area contributed by atoms with Crippen molar-refractivity contribution < 1.29 is 4.79 Å². The third-order valence-corrected chi connectivity index (χ3v) is 3.15. The molecule has 0 spiro atoms. The van der Waals surface area contributed by atoms with E-state index in [-0.39, 0.29) is 28.1 Å². The maximum Gasteiger partial charge on any atom is 0.253 e. The highest BCUT2D eigenvalue weighted by atomic mass is 35.5. The van der Waals surface area contributed by atoms with Gasteiger partial charge in [0.2, 0.25) is 0 Å². The summed E-state index contributed by atoms with van der Waals surface area (Å²) in [6, 6.07) is 6.45. The van der Waals surface area contributed by atoms with Gasteiger partial charge in [0.05, 0.1) is 27.8 Å². The maximum absolute atomic E-state index is 12.0. The largest absolute Gasteiger partial charge is 0.399 e. The number of nitrogen functional groups attached to an aromatic ring is 1. The standard InChI is InChI=1S/C12H10Cl2N4O/c13-10-5-7(15)4-9(11(10)14)12(19)16-6-8-2-1-3-17-18-8/h1-5H,6,15H2,(H,16,19). The third kappa shape index (κ3) is 3.33. The summed E-state index contributed by atoms with van der Waals surface area (Å²) >= 11 is 11.8. The summed E-state index contributed by atoms with van der Waals surface area (Å²) in [5, 5.41) is 10.7. The molecule has 98 valence electrons. The summed E-state index contributed by atoms with van der Waals surface area (Å²) in [6.07, 6.45) is 1.56. The number of rotatable bonds is 3. The van der Waals surface area contributed by atoms with Gasteiger partial charge in [0.25, 0.3) is 5.91 Å². The molecular formula is C12H10Cl2N4O. The van der Waals surface area contributed by atoms with E-state index in [0.29, 0.717) is 11.4 Å². The van der Waals surface area contributed by atoms with Gasteiger partial charge in [0.15, 0.2) is 0 Å². The first kappa shape index (κ1) is 13.6. The SMILES string of the molecule is Nc1cc(Cl)c(Cl)c(C(=O)NCc2cccnn2)c1. The average molecular weight is 297 g/mol. The van der Waals surface area contributed by atoms with Crippen LogP contribution in [0, 0.1) is 0 Å². The van der Waals surface area contributed by atoms with Gasteiger partial charge < -0.3 is 11.1 Å². The zero-order valence-electron chi connectivity index (χ0n) is 9.73. The van der Waals surface area contributed by atoms with Crippen LogP contribution in [0.15, 0.2) is 30.5 Å². The van der Waals surface area contributed by atoms with Crippen molar-refractivity contribution in [1.29, 1.82) is 0 Å². The molecule has 0 bridgehead atoms. The number of benzene rings is 1. The number of halogens is 2. The monoisotopic (exact) mass is 296 g/mol. The Balaban J connectivity index is 2.13. The summed E-state index contributed by atoms with van der Waals surface area (Å²) in [6.45, 7) is 0.245. The first-order valence-electron chi connectivity index (χ1n) is 5.37. The third-order valence-electron chi connectivity index (χ3n) is 2.35. The van der Waals surface area contributed by atoms with Gasteiger partial charge in [-0.3, -0.25) is 4.79 Å². The molecule has 0 atom stereocenters. The van der Waals surface area contributed by atoms with Crippen LogP contribution in [0.1, 0.15) is 16.1 Å². The molecule has 5 nitrogen and oxygen atoms in total. The Bertz CT molecular complexity index is 604. The summed E-state index contributed by atoms with van der Waals surface area (Å²) in [5.41, 5.74) is 6.87. The number of nitrogens with zero attached hydrogens (tertiary/aromatic N) is 2. The predicted octanol–water partition coefficient (Wildman–Crippen LogP) is 2.30. The summed E-state index contributed by atoms with van der Waals surface area (Å²) in [5.74, 6) is -0.371. The molecule has 1 aromatic carbocycles. The van der Waals surface area contributed by atoms with Crippen molar-refractivity contribution in [1.82, 2.24) is 15.5 Å². The first-order valence-corrected chi connectivity index (χ1v) is 6.13. The fourth-order valence-electron chi connectivity index (χ4n) is 1.47. The van der Waals surface area contributed by atoms with E-state index < -0.39 is 0 Å². The second-order valence-electron chi connectivity index (χ2n) is 3.76. The van der Waals surface area contributed by atoms with Crippen LogP contribution in [0.4, 0.5) is 5.69 Å². The van der Waals surface area contributed by atoms with Crippen LogP contribution in [0.5, 0.6) is 0 Å². The fraction of sp³-hybridized carbons (Fsp3) is 0.0833. The second kappa shape index (κ2) is 5.86. The fourth-order valence-corrected chi connectivity index (χ4v) is 1.89. The number of amides is 1. The Morgan fingerprint density at radius 3 is 2.84 bits per heavy atom. The molecule has 1 aromatic heterocycles. The highest BCUT2D eigenvalue weighted by molar-refractivity contribution is 6.44. The van der Waals surface area contributed by atoms with Crippen LogP contribution in [0.2, 0.25) is 10.0 Å². The van der Waals surface area contributed by atoms with Gasteiger partial charge in [-0.15, -0.1) is 0 Å². The minimum absolute atomic E-state index is 0.174. The van der Waals surface area contributed by atoms with Crippen LogP contribution in [-0.2, 0) is 6.54 Å². The summed E-state index contributed by atoms with van der Waals surface area (Å²) in [7, 11) is 0. The van der Waals surface area contributed by atoms with Crippen molar-refractivity contribution in [2.45, 2.75) is 6.54 Å². The zero-order valence-corrected chi connectivity index (χ0v) is 11.2. The quantitative estimate of drug-likeness (QED) is 0.852. The van der Waals surface area contributed by atoms with Gasteiger partial charge in [0.1, 0.15) is 0 Å². The molecular weight excluding hydrogens is 287 g/mol. The molecule has 1 heterocycles. The molecule has 0 saturated carbocycles. The second-order valence-corrected chi connectivity index (χ2v) is 4.55. The maximum atomic E-state index is 12.0. The molecule has 19 heavy (non-hydrogen) atoms. The molecule has 0 radical (unpaired) electrons. The molecule has 1 amide bonds. The molecule has 0 unspecified atom stereocenters. The minimum atomic E-state index is -0.371. The van der Waals surface area contributed by atoms with Crippen molar-refractivity contribution in [3.8, 4) is 0 Å². The van der Waals surface area contributed by atoms with E-state index in [1.165, 1.54) is 12.1 Å². The molecule has 0 fully saturated rings. The Hall–Kier alpha value is -1.85. The predicted molar refractivity (Wildman–Crippen MR) is 74.1 cm³/mol. The number of hydrogen-bond acceptors (Lipinski definition) is 4. The van der Waals surface area contributed by atoms with E-state index in [1.54, 1.807) is 18.3 Å². The van der Waals surface area contributed by atoms with Crippen LogP contribution in [0.25, 0.3) is 0 Å². The summed E-state index contributed by atoms with van der Waals surface area (Å²) < 4.78 is 0. The zero-order chi connectivity index (χ0) is 13.8. The lowest BCUT2D eigenvalue weighted by Gasteiger charge is -2.08. The van der Waals surface area contributed by atoms with E-state index in [9.17, 15) is 4.79 Å². The van der Waals surface area contributed by atoms with E-state index >= 15 is 0 Å². The highest BCUT2D eigenvalue weighted by Crippen LogP contribution is 2.28. The number of nitrogens with one attached hydrogen (secondary N) is 1. The molecule has 3 N–H and O–H groups in total. The van der Waals surface area contributed by atoms with Crippen molar-refractivity contribution in [2.75, 3.05) is 5.73 Å². The number of aromatic nitrogens is 2. The lowest BCUT2D eigenvalue weighted by atomic mass is 10.2. The van der Waals surface area contributed by atoms with Crippen LogP contribution in [-0.4, -0.2) is 16.1 Å².